The van der Waals surface area contributed by atoms with Crippen LogP contribution in [0.2, 0.25) is 0 Å². The molecule has 1 aliphatic heterocycles. The van der Waals surface area contributed by atoms with Crippen molar-refractivity contribution in [2.24, 2.45) is 50.3 Å². The first-order valence-corrected chi connectivity index (χ1v) is 27.8. The van der Waals surface area contributed by atoms with Crippen molar-refractivity contribution >= 4 is 85.7 Å². The zero-order chi connectivity index (χ0) is 59.1. The number of sulfonamides is 1. The molecule has 0 saturated carbocycles. The molecule has 8 amide bonds. The number of amides is 8. The molecule has 20 N–H and O–H groups in total. The minimum atomic E-state index is -4.30. The van der Waals surface area contributed by atoms with Gasteiger partial charge in [-0.2, -0.15) is 4.72 Å². The van der Waals surface area contributed by atoms with E-state index in [9.17, 15) is 51.9 Å². The van der Waals surface area contributed by atoms with Crippen LogP contribution < -0.4 is 75.9 Å². The minimum absolute atomic E-state index is 0.00960. The van der Waals surface area contributed by atoms with E-state index in [0.29, 0.717) is 30.0 Å². The van der Waals surface area contributed by atoms with E-state index < -0.39 is 112 Å². The molecule has 28 nitrogen and oxygen atoms in total. The minimum Gasteiger partial charge on any atom is -0.391 e. The summed E-state index contributed by atoms with van der Waals surface area (Å²) in [4.78, 5) is 119. The van der Waals surface area contributed by atoms with Gasteiger partial charge in [0, 0.05) is 50.2 Å². The Labute approximate surface area is 461 Å². The zero-order valence-corrected chi connectivity index (χ0v) is 46.8. The first kappa shape index (κ1) is 65.9. The van der Waals surface area contributed by atoms with Crippen molar-refractivity contribution in [3.05, 3.63) is 36.4 Å². The summed E-state index contributed by atoms with van der Waals surface area (Å²) in [6, 6.07) is 1.21. The van der Waals surface area contributed by atoms with Crippen LogP contribution in [0, 0.1) is 5.92 Å². The first-order valence-electron chi connectivity index (χ1n) is 26.3. The summed E-state index contributed by atoms with van der Waals surface area (Å²) in [6.45, 7) is 6.08. The highest BCUT2D eigenvalue weighted by molar-refractivity contribution is 7.89. The van der Waals surface area contributed by atoms with E-state index in [1.165, 1.54) is 24.8 Å². The predicted octanol–water partition coefficient (Wildman–Crippen LogP) is -3.75. The SMILES string of the molecule is CC(C)C[C@H](NS(=O)(=O)c1cccc2c(N(C)C)cccc12)C(=O)N1CCC[C@H]1C(=O)N[C@@H](CCCCN)C(=O)N[C@H](C(=O)NCC(=O)N[C@@H](C)C(=O)N[C@@H](CCCN=C(N)N)C(=O)N[C@@H](CCCN=C(N)N)C(N)=O)[C@@H](C)O. The van der Waals surface area contributed by atoms with E-state index in [1.807, 2.05) is 45.0 Å². The number of unbranched alkanes of at least 4 members (excludes halogenated alkanes) is 1. The lowest BCUT2D eigenvalue weighted by Gasteiger charge is -2.31. The second kappa shape index (κ2) is 31.9. The van der Waals surface area contributed by atoms with Gasteiger partial charge in [-0.1, -0.05) is 38.1 Å². The molecule has 1 fully saturated rings. The topological polar surface area (TPSA) is 462 Å². The largest absolute Gasteiger partial charge is 0.391 e. The molecule has 1 aliphatic rings. The number of fused-ring (bicyclic) bond motifs is 1. The molecule has 440 valence electrons. The molecule has 79 heavy (non-hydrogen) atoms. The first-order chi connectivity index (χ1) is 37.2. The molecular formula is C50H83N17O11S. The average Bonchev–Trinajstić information content (AvgIpc) is 3.95. The van der Waals surface area contributed by atoms with Crippen molar-refractivity contribution in [3.8, 4) is 0 Å². The summed E-state index contributed by atoms with van der Waals surface area (Å²) < 4.78 is 30.9. The number of hydrogen-bond acceptors (Lipinski definition) is 15. The summed E-state index contributed by atoms with van der Waals surface area (Å²) in [6.07, 6.45) is 0.554. The third-order valence-corrected chi connectivity index (χ3v) is 14.3. The lowest BCUT2D eigenvalue weighted by molar-refractivity contribution is -0.141. The third kappa shape index (κ3) is 21.1. The molecule has 3 rings (SSSR count). The maximum absolute atomic E-state index is 14.4. The summed E-state index contributed by atoms with van der Waals surface area (Å²) in [5.74, 6) is -7.05. The Balaban J connectivity index is 1.71. The second-order valence-corrected chi connectivity index (χ2v) is 21.7. The van der Waals surface area contributed by atoms with Gasteiger partial charge >= 0.3 is 0 Å². The van der Waals surface area contributed by atoms with Gasteiger partial charge in [-0.3, -0.25) is 48.3 Å². The van der Waals surface area contributed by atoms with Crippen LogP contribution in [-0.2, 0) is 48.4 Å². The van der Waals surface area contributed by atoms with Gasteiger partial charge in [-0.25, -0.2) is 8.42 Å². The molecular weight excluding hydrogens is 1050 g/mol. The monoisotopic (exact) mass is 1130 g/mol. The highest BCUT2D eigenvalue weighted by Crippen LogP contribution is 2.31. The molecule has 2 aromatic rings. The number of carbonyl (C=O) groups is 8. The molecule has 0 spiro atoms. The maximum Gasteiger partial charge on any atom is 0.245 e. The van der Waals surface area contributed by atoms with Gasteiger partial charge in [0.1, 0.15) is 42.3 Å². The zero-order valence-electron chi connectivity index (χ0n) is 46.0. The number of guanidine groups is 2. The predicted molar refractivity (Wildman–Crippen MR) is 299 cm³/mol. The Morgan fingerprint density at radius 1 is 0.709 bits per heavy atom. The Morgan fingerprint density at radius 3 is 1.86 bits per heavy atom. The molecule has 0 aliphatic carbocycles. The number of benzene rings is 2. The van der Waals surface area contributed by atoms with Gasteiger partial charge < -0.3 is 81.2 Å². The van der Waals surface area contributed by atoms with Crippen molar-refractivity contribution < 1.29 is 51.9 Å². The standard InChI is InChI=1S/C50H83N17O11S/c1-28(2)26-36(65-79(77,78)39-21-10-14-31-32(39)15-9-19-37(31)66(5)6)48(76)67-25-13-20-38(67)46(74)63-34(16-7-8-22-51)45(73)64-41(30(4)68)47(75)59-27-40(69)60-29(3)43(71)62-35(18-12-24-58-50(55)56)44(72)61-33(42(52)70)17-11-23-57-49(53)54/h9-10,14-15,19,21,28-30,33-36,38,41,65,68H,7-8,11-13,16-18,20,22-27,51H2,1-6H3,(H2,52,70)(H,59,75)(H,60,69)(H,61,72)(H,62,71)(H,63,74)(H,64,73)(H4,53,54,57)(H4,55,56,58)/t29-,30+,33-,34-,35-,36-,38-,41-/m0/s1. The summed E-state index contributed by atoms with van der Waals surface area (Å²) in [5.41, 5.74) is 33.5. The van der Waals surface area contributed by atoms with Gasteiger partial charge in [0.2, 0.25) is 57.3 Å². The number of aliphatic imine (C=N–C) groups is 2. The van der Waals surface area contributed by atoms with Crippen LogP contribution in [-0.4, -0.2) is 173 Å². The second-order valence-electron chi connectivity index (χ2n) is 20.0. The number of anilines is 1. The average molecular weight is 1130 g/mol. The van der Waals surface area contributed by atoms with Crippen molar-refractivity contribution in [1.82, 2.24) is 41.5 Å². The maximum atomic E-state index is 14.4. The number of hydrogen-bond donors (Lipinski definition) is 14. The Morgan fingerprint density at radius 2 is 1.28 bits per heavy atom. The lowest BCUT2D eigenvalue weighted by Crippen LogP contribution is -2.60. The van der Waals surface area contributed by atoms with Gasteiger partial charge in [-0.05, 0) is 103 Å². The van der Waals surface area contributed by atoms with Crippen LogP contribution in [0.4, 0.5) is 5.69 Å². The van der Waals surface area contributed by atoms with Crippen molar-refractivity contribution in [2.45, 2.75) is 145 Å². The van der Waals surface area contributed by atoms with Crippen molar-refractivity contribution in [3.63, 3.8) is 0 Å². The van der Waals surface area contributed by atoms with Gasteiger partial charge in [0.15, 0.2) is 11.9 Å². The number of nitrogens with one attached hydrogen (secondary N) is 7. The molecule has 0 radical (unpaired) electrons. The number of aliphatic hydroxyl groups is 1. The number of carbonyl (C=O) groups excluding carboxylic acids is 8. The van der Waals surface area contributed by atoms with Gasteiger partial charge in [0.25, 0.3) is 0 Å². The number of aliphatic hydroxyl groups excluding tert-OH is 1. The summed E-state index contributed by atoms with van der Waals surface area (Å²) >= 11 is 0. The molecule has 0 unspecified atom stereocenters. The highest BCUT2D eigenvalue weighted by atomic mass is 32.2. The highest BCUT2D eigenvalue weighted by Gasteiger charge is 2.41. The third-order valence-electron chi connectivity index (χ3n) is 12.8. The molecule has 0 aromatic heterocycles. The van der Waals surface area contributed by atoms with E-state index in [4.69, 9.17) is 34.4 Å². The molecule has 1 heterocycles. The van der Waals surface area contributed by atoms with E-state index >= 15 is 0 Å². The molecule has 2 aromatic carbocycles. The Bertz CT molecular complexity index is 2610. The lowest BCUT2D eigenvalue weighted by atomic mass is 10.0. The number of rotatable bonds is 33. The van der Waals surface area contributed by atoms with Gasteiger partial charge in [0.05, 0.1) is 17.5 Å². The molecule has 8 atom stereocenters. The Hall–Kier alpha value is -7.37. The fourth-order valence-corrected chi connectivity index (χ4v) is 10.2. The fourth-order valence-electron chi connectivity index (χ4n) is 8.77. The van der Waals surface area contributed by atoms with E-state index in [1.54, 1.807) is 18.2 Å². The van der Waals surface area contributed by atoms with Crippen LogP contribution in [0.1, 0.15) is 91.9 Å². The van der Waals surface area contributed by atoms with Crippen LogP contribution in [0.15, 0.2) is 51.3 Å². The van der Waals surface area contributed by atoms with Crippen molar-refractivity contribution in [1.29, 1.82) is 0 Å². The number of nitrogens with two attached hydrogens (primary N) is 6. The van der Waals surface area contributed by atoms with E-state index in [0.717, 1.165) is 5.69 Å². The molecule has 0 bridgehead atoms. The fraction of sp³-hybridized carbons (Fsp3) is 0.600. The number of likely N-dealkylation sites (tertiary alicyclic amines) is 1. The van der Waals surface area contributed by atoms with Crippen molar-refractivity contribution in [2.75, 3.05) is 51.7 Å². The molecule has 1 saturated heterocycles. The Kier molecular flexibility index (Phi) is 26.6. The van der Waals surface area contributed by atoms with Crippen LogP contribution >= 0.6 is 0 Å². The van der Waals surface area contributed by atoms with E-state index in [2.05, 4.69) is 46.6 Å². The van der Waals surface area contributed by atoms with Gasteiger partial charge in [-0.15, -0.1) is 0 Å². The summed E-state index contributed by atoms with van der Waals surface area (Å²) in [7, 11) is -0.616. The summed E-state index contributed by atoms with van der Waals surface area (Å²) in [5, 5.41) is 26.7. The van der Waals surface area contributed by atoms with Crippen LogP contribution in [0.3, 0.4) is 0 Å². The molecule has 29 heteroatoms. The van der Waals surface area contributed by atoms with Crippen LogP contribution in [0.25, 0.3) is 10.8 Å². The normalized spacial score (nSPS) is 16.0. The van der Waals surface area contributed by atoms with Crippen LogP contribution in [0.5, 0.6) is 0 Å². The number of nitrogens with zero attached hydrogens (tertiary/aromatic N) is 4. The van der Waals surface area contributed by atoms with E-state index in [-0.39, 0.29) is 93.9 Å². The smallest absolute Gasteiger partial charge is 0.245 e. The quantitative estimate of drug-likeness (QED) is 0.0185. The number of primary amides is 1.